The molecule has 2 aliphatic heterocycles. The summed E-state index contributed by atoms with van der Waals surface area (Å²) in [6, 6.07) is 56.0. The van der Waals surface area contributed by atoms with E-state index in [0.29, 0.717) is 55.5 Å². The van der Waals surface area contributed by atoms with Crippen molar-refractivity contribution in [3.05, 3.63) is 333 Å². The van der Waals surface area contributed by atoms with Gasteiger partial charge in [-0.25, -0.2) is 0 Å². The van der Waals surface area contributed by atoms with Crippen LogP contribution in [0.2, 0.25) is 0 Å². The Balaban J connectivity index is 0.973. The highest BCUT2D eigenvalue weighted by Gasteiger charge is 2.45. The molecule has 6 heteroatoms. The second-order valence-corrected chi connectivity index (χ2v) is 24.4. The highest BCUT2D eigenvalue weighted by Crippen LogP contribution is 2.51. The van der Waals surface area contributed by atoms with Crippen molar-refractivity contribution in [1.29, 1.82) is 0 Å². The zero-order valence-electron chi connectivity index (χ0n) is 71.5. The summed E-state index contributed by atoms with van der Waals surface area (Å²) in [4.78, 5) is 2.20. The van der Waals surface area contributed by atoms with E-state index < -0.39 is 134 Å². The number of hydrogen-bond donors (Lipinski definition) is 1. The summed E-state index contributed by atoms with van der Waals surface area (Å²) in [6.45, 7) is -0.904. The number of anilines is 5. The SMILES string of the molecule is [2H]c1cc(-c2c([2H])c([2H])c([2H])c([2H])c2Nc2ccc3c(c2)c2cc(-c4c([2H])c([2H])c([2H])c([2H])c4[2H])cc4c2n3-c2cc3c(c5c2B4c2ccc(-n4c6c([2H])c([2H])c([2H])c([2H])c6c6c([2H])c([2H])c([2H])c([2H])c64)cc2N5c2ccc(-c4ccccc4)cc2)c2cccc4c5ccccc5c5ccccc5c5ccccc5n3c42)c([2H])c([2H])c1[2H]. The van der Waals surface area contributed by atoms with E-state index in [1.54, 1.807) is 24.3 Å². The summed E-state index contributed by atoms with van der Waals surface area (Å²) >= 11 is 0. The molecule has 0 spiro atoms. The van der Waals surface area contributed by atoms with Crippen molar-refractivity contribution >= 4 is 155 Å². The Labute approximate surface area is 583 Å². The topological polar surface area (TPSA) is 29.5 Å². The molecule has 6 heterocycles. The van der Waals surface area contributed by atoms with Gasteiger partial charge in [0.1, 0.15) is 0 Å². The molecule has 0 aliphatic carbocycles. The number of benzene rings is 15. The van der Waals surface area contributed by atoms with Crippen LogP contribution >= 0.6 is 0 Å². The van der Waals surface area contributed by atoms with Crippen molar-refractivity contribution in [3.8, 4) is 44.8 Å². The summed E-state index contributed by atoms with van der Waals surface area (Å²) < 4.78 is 200. The van der Waals surface area contributed by atoms with E-state index in [1.807, 2.05) is 115 Å². The van der Waals surface area contributed by atoms with Crippen molar-refractivity contribution in [2.24, 2.45) is 0 Å². The van der Waals surface area contributed by atoms with Crippen molar-refractivity contribution in [1.82, 2.24) is 13.5 Å². The minimum Gasteiger partial charge on any atom is -0.355 e. The van der Waals surface area contributed by atoms with Gasteiger partial charge in [-0.15, -0.1) is 0 Å². The Kier molecular flexibility index (Phi) is 7.78. The van der Waals surface area contributed by atoms with E-state index in [9.17, 15) is 16.4 Å². The Morgan fingerprint density at radius 3 is 1.72 bits per heavy atom. The summed E-state index contributed by atoms with van der Waals surface area (Å²) in [5.41, 5.74) is 9.78. The van der Waals surface area contributed by atoms with E-state index in [4.69, 9.17) is 12.3 Å². The fraction of sp³-hybridized carbons (Fsp3) is 0. The molecule has 1 N–H and O–H groups in total. The third-order valence-electron chi connectivity index (χ3n) is 19.5. The first-order valence-electron chi connectivity index (χ1n) is 42.0. The number of fused-ring (bicyclic) bond motifs is 21. The fourth-order valence-corrected chi connectivity index (χ4v) is 15.7. The molecule has 4 aromatic heterocycles. The molecule has 444 valence electrons. The number of aromatic nitrogens is 3. The lowest BCUT2D eigenvalue weighted by Crippen LogP contribution is -2.60. The second kappa shape index (κ2) is 20.4. The predicted octanol–water partition coefficient (Wildman–Crippen LogP) is 21.8. The van der Waals surface area contributed by atoms with Crippen molar-refractivity contribution < 1.29 is 28.8 Å². The number of hydrogen-bond acceptors (Lipinski definition) is 2. The Hall–Kier alpha value is -12.6. The Bertz CT molecular complexity index is 7790. The van der Waals surface area contributed by atoms with Gasteiger partial charge in [0.05, 0.1) is 67.6 Å². The zero-order valence-corrected chi connectivity index (χ0v) is 50.5. The van der Waals surface area contributed by atoms with Gasteiger partial charge in [-0.3, -0.25) is 0 Å². The van der Waals surface area contributed by atoms with Crippen LogP contribution in [0.15, 0.2) is 333 Å². The van der Waals surface area contributed by atoms with E-state index in [-0.39, 0.29) is 61.1 Å². The van der Waals surface area contributed by atoms with Gasteiger partial charge in [0.15, 0.2) is 0 Å². The first-order valence-corrected chi connectivity index (χ1v) is 31.5. The van der Waals surface area contributed by atoms with E-state index in [2.05, 4.69) is 79.8 Å². The van der Waals surface area contributed by atoms with Crippen LogP contribution in [0.3, 0.4) is 0 Å². The largest absolute Gasteiger partial charge is 0.355 e. The molecule has 96 heavy (non-hydrogen) atoms. The van der Waals surface area contributed by atoms with Gasteiger partial charge in [-0.1, -0.05) is 254 Å². The van der Waals surface area contributed by atoms with Gasteiger partial charge in [0.2, 0.25) is 0 Å². The van der Waals surface area contributed by atoms with Crippen LogP contribution in [0.1, 0.15) is 28.8 Å². The van der Waals surface area contributed by atoms with Gasteiger partial charge in [-0.2, -0.15) is 0 Å². The normalized spacial score (nSPS) is 15.6. The van der Waals surface area contributed by atoms with Crippen LogP contribution in [0.5, 0.6) is 0 Å². The van der Waals surface area contributed by atoms with Crippen LogP contribution in [-0.2, 0) is 0 Å². The third-order valence-corrected chi connectivity index (χ3v) is 19.5. The van der Waals surface area contributed by atoms with Gasteiger partial charge < -0.3 is 23.8 Å². The minimum atomic E-state index is -0.904. The minimum absolute atomic E-state index is 0.0963. The zero-order chi connectivity index (χ0) is 81.0. The molecular formula is C90H56BN5. The van der Waals surface area contributed by atoms with Gasteiger partial charge in [-0.05, 0) is 145 Å². The molecule has 21 rings (SSSR count). The molecule has 0 unspecified atom stereocenters. The predicted molar refractivity (Wildman–Crippen MR) is 408 cm³/mol. The smallest absolute Gasteiger partial charge is 0.252 e. The number of rotatable bonds is 7. The Morgan fingerprint density at radius 1 is 0.312 bits per heavy atom. The summed E-state index contributed by atoms with van der Waals surface area (Å²) in [5.74, 6) is 0. The number of para-hydroxylation sites is 5. The van der Waals surface area contributed by atoms with Crippen LogP contribution in [0.25, 0.3) is 148 Å². The molecule has 0 saturated carbocycles. The quantitative estimate of drug-likeness (QED) is 0.161. The lowest BCUT2D eigenvalue weighted by Gasteiger charge is -2.41. The molecule has 2 aliphatic rings. The van der Waals surface area contributed by atoms with Crippen molar-refractivity contribution in [2.75, 3.05) is 10.2 Å². The maximum absolute atomic E-state index is 9.78. The Morgan fingerprint density at radius 2 is 0.938 bits per heavy atom. The standard InChI is InChI=1S/C90H56BN5/c1-4-23-56(24-5-1)58-43-46-62(47-44-58)94-83-54-63(93-79-40-19-16-35-70(79)71-36-17-20-41-80(71)93)48-49-76(83)91-77-52-60(57-25-6-2-7-26-57)51-75-74-53-61(92-78-39-18-14-29-64(78)59-27-8-3-9-28-59)45-50-82(74)96(89(75)77)85-55-84-86(90(94)87(85)91)73-38-22-37-72-68-33-13-11-31-66(68)65-30-10-12-32-67(65)69-34-15-21-42-81(69)95(84)88(72)73/h1-55,92H/i2D,3D,6D,7D,8D,9D,14D,16D,17D,18D,19D,20D,25D,26D,27D,29D,35D,36D,39D,40D,41D. The van der Waals surface area contributed by atoms with Crippen LogP contribution < -0.4 is 26.6 Å². The third kappa shape index (κ3) is 7.58. The van der Waals surface area contributed by atoms with E-state index in [1.165, 1.54) is 4.57 Å². The average Bonchev–Trinajstić information content (AvgIpc) is 1.54. The second-order valence-electron chi connectivity index (χ2n) is 24.4. The molecule has 0 bridgehead atoms. The molecule has 15 aromatic carbocycles. The van der Waals surface area contributed by atoms with Crippen LogP contribution in [0, 0.1) is 0 Å². The van der Waals surface area contributed by atoms with Crippen LogP contribution in [0.4, 0.5) is 28.4 Å². The van der Waals surface area contributed by atoms with E-state index >= 15 is 0 Å². The van der Waals surface area contributed by atoms with Crippen LogP contribution in [-0.4, -0.2) is 20.2 Å². The van der Waals surface area contributed by atoms with Gasteiger partial charge in [0.25, 0.3) is 6.71 Å². The fourth-order valence-electron chi connectivity index (χ4n) is 15.7. The maximum atomic E-state index is 9.78. The maximum Gasteiger partial charge on any atom is 0.252 e. The highest BCUT2D eigenvalue weighted by atomic mass is 15.2. The van der Waals surface area contributed by atoms with Gasteiger partial charge >= 0.3 is 0 Å². The molecule has 0 amide bonds. The number of nitrogens with one attached hydrogen (secondary N) is 1. The molecule has 0 radical (unpaired) electrons. The van der Waals surface area contributed by atoms with Crippen molar-refractivity contribution in [3.63, 3.8) is 0 Å². The average molecular weight is 1240 g/mol. The summed E-state index contributed by atoms with van der Waals surface area (Å²) in [6.07, 6.45) is 0. The molecule has 5 nitrogen and oxygen atoms in total. The number of nitrogens with zero attached hydrogens (tertiary/aromatic N) is 4. The van der Waals surface area contributed by atoms with E-state index in [0.717, 1.165) is 82.3 Å². The lowest BCUT2D eigenvalue weighted by atomic mass is 9.33. The first kappa shape index (κ1) is 36.6. The molecule has 0 saturated heterocycles. The van der Waals surface area contributed by atoms with Crippen molar-refractivity contribution in [2.45, 2.75) is 0 Å². The highest BCUT2D eigenvalue weighted by molar-refractivity contribution is 7.00. The summed E-state index contributed by atoms with van der Waals surface area (Å²) in [7, 11) is 0. The lowest BCUT2D eigenvalue weighted by molar-refractivity contribution is 1.16. The molecule has 0 atom stereocenters. The molecular weight excluding hydrogens is 1160 g/mol. The first-order chi connectivity index (χ1) is 56.4. The summed E-state index contributed by atoms with van der Waals surface area (Å²) in [5, 5.41) is 11.5. The molecule has 19 aromatic rings. The van der Waals surface area contributed by atoms with Gasteiger partial charge in [0, 0.05) is 88.3 Å². The monoisotopic (exact) mass is 1240 g/mol. The molecule has 0 fully saturated rings.